The molecule has 6 heteroatoms. The predicted octanol–water partition coefficient (Wildman–Crippen LogP) is 2.40. The van der Waals surface area contributed by atoms with Crippen LogP contribution in [0.15, 0.2) is 4.99 Å². The molecule has 0 aromatic carbocycles. The van der Waals surface area contributed by atoms with Gasteiger partial charge in [-0.1, -0.05) is 6.92 Å². The maximum atomic E-state index is 4.38. The molecule has 2 N–H and O–H groups in total. The first-order valence-corrected chi connectivity index (χ1v) is 9.26. The summed E-state index contributed by atoms with van der Waals surface area (Å²) < 4.78 is 0. The summed E-state index contributed by atoms with van der Waals surface area (Å²) in [7, 11) is 1.88. The van der Waals surface area contributed by atoms with Gasteiger partial charge in [0, 0.05) is 31.4 Å². The van der Waals surface area contributed by atoms with Crippen molar-refractivity contribution in [3.8, 4) is 0 Å². The van der Waals surface area contributed by atoms with Crippen LogP contribution in [-0.4, -0.2) is 61.6 Å². The number of hydrogen-bond donors (Lipinski definition) is 2. The monoisotopic (exact) mass is 426 g/mol. The topological polar surface area (TPSA) is 39.7 Å². The second-order valence-corrected chi connectivity index (χ2v) is 7.15. The van der Waals surface area contributed by atoms with Crippen molar-refractivity contribution in [2.45, 2.75) is 43.9 Å². The van der Waals surface area contributed by atoms with E-state index in [1.165, 1.54) is 45.3 Å². The molecule has 0 radical (unpaired) electrons. The van der Waals surface area contributed by atoms with Gasteiger partial charge in [0.2, 0.25) is 0 Å². The molecule has 3 unspecified atom stereocenters. The van der Waals surface area contributed by atoms with Gasteiger partial charge in [-0.2, -0.15) is 11.8 Å². The third-order valence-electron chi connectivity index (χ3n) is 4.66. The van der Waals surface area contributed by atoms with Gasteiger partial charge in [-0.3, -0.25) is 4.99 Å². The lowest BCUT2D eigenvalue weighted by Crippen LogP contribution is -2.44. The number of rotatable bonds is 5. The van der Waals surface area contributed by atoms with Crippen LogP contribution >= 0.6 is 35.7 Å². The highest BCUT2D eigenvalue weighted by atomic mass is 127. The number of nitrogens with one attached hydrogen (secondary N) is 2. The summed E-state index contributed by atoms with van der Waals surface area (Å²) in [6.07, 6.45) is 7.42. The fourth-order valence-corrected chi connectivity index (χ4v) is 4.08. The Morgan fingerprint density at radius 1 is 1.33 bits per heavy atom. The fraction of sp³-hybridized carbons (Fsp3) is 0.933. The van der Waals surface area contributed by atoms with Crippen molar-refractivity contribution in [3.05, 3.63) is 0 Å². The molecular formula is C15H31IN4S. The Balaban J connectivity index is 0.00000220. The quantitative estimate of drug-likeness (QED) is 0.403. The summed E-state index contributed by atoms with van der Waals surface area (Å²) in [5, 5.41) is 7.94. The number of likely N-dealkylation sites (tertiary alicyclic amines) is 1. The average Bonchev–Trinajstić information content (AvgIpc) is 3.12. The molecule has 4 nitrogen and oxygen atoms in total. The van der Waals surface area contributed by atoms with E-state index in [-0.39, 0.29) is 24.0 Å². The Bertz CT molecular complexity index is 327. The number of guanidine groups is 1. The van der Waals surface area contributed by atoms with Crippen molar-refractivity contribution in [1.29, 1.82) is 0 Å². The van der Waals surface area contributed by atoms with Crippen LogP contribution in [0, 0.1) is 5.92 Å². The molecule has 0 amide bonds. The SMILES string of the molecule is CCN1CCC(CNC(=NC)NC2CCC(SC)C2)C1.I. The van der Waals surface area contributed by atoms with Gasteiger partial charge in [0.25, 0.3) is 0 Å². The third-order valence-corrected chi connectivity index (χ3v) is 5.75. The van der Waals surface area contributed by atoms with E-state index in [1.807, 2.05) is 18.8 Å². The Morgan fingerprint density at radius 3 is 2.71 bits per heavy atom. The molecular weight excluding hydrogens is 395 g/mol. The molecule has 0 aromatic heterocycles. The second-order valence-electron chi connectivity index (χ2n) is 6.01. The standard InChI is InChI=1S/C15H30N4S.HI/c1-4-19-8-7-12(11-19)10-17-15(16-2)18-13-5-6-14(9-13)20-3;/h12-14H,4-11H2,1-3H3,(H2,16,17,18);1H. The molecule has 1 saturated carbocycles. The van der Waals surface area contributed by atoms with Crippen LogP contribution in [0.4, 0.5) is 0 Å². The van der Waals surface area contributed by atoms with E-state index in [4.69, 9.17) is 0 Å². The smallest absolute Gasteiger partial charge is 0.191 e. The van der Waals surface area contributed by atoms with Crippen molar-refractivity contribution < 1.29 is 0 Å². The minimum atomic E-state index is 0. The van der Waals surface area contributed by atoms with Crippen LogP contribution in [0.1, 0.15) is 32.6 Å². The Labute approximate surface area is 151 Å². The minimum Gasteiger partial charge on any atom is -0.356 e. The zero-order valence-corrected chi connectivity index (χ0v) is 16.7. The lowest BCUT2D eigenvalue weighted by molar-refractivity contribution is 0.341. The van der Waals surface area contributed by atoms with Gasteiger partial charge in [-0.05, 0) is 50.9 Å². The van der Waals surface area contributed by atoms with Crippen molar-refractivity contribution in [2.24, 2.45) is 10.9 Å². The highest BCUT2D eigenvalue weighted by molar-refractivity contribution is 14.0. The molecule has 1 heterocycles. The Kier molecular flexibility index (Phi) is 9.36. The molecule has 1 aliphatic heterocycles. The van der Waals surface area contributed by atoms with Crippen LogP contribution in [0.5, 0.6) is 0 Å². The number of nitrogens with zero attached hydrogens (tertiary/aromatic N) is 2. The van der Waals surface area contributed by atoms with E-state index in [1.54, 1.807) is 0 Å². The molecule has 3 atom stereocenters. The van der Waals surface area contributed by atoms with Gasteiger partial charge < -0.3 is 15.5 Å². The molecule has 1 saturated heterocycles. The lowest BCUT2D eigenvalue weighted by atomic mass is 10.1. The normalized spacial score (nSPS) is 30.2. The van der Waals surface area contributed by atoms with Crippen molar-refractivity contribution >= 4 is 41.7 Å². The van der Waals surface area contributed by atoms with Crippen LogP contribution < -0.4 is 10.6 Å². The summed E-state index contributed by atoms with van der Waals surface area (Å²) in [4.78, 5) is 6.91. The van der Waals surface area contributed by atoms with Gasteiger partial charge in [0.1, 0.15) is 0 Å². The summed E-state index contributed by atoms with van der Waals surface area (Å²) in [5.74, 6) is 1.77. The third kappa shape index (κ3) is 6.14. The largest absolute Gasteiger partial charge is 0.356 e. The first-order chi connectivity index (χ1) is 9.75. The number of thioether (sulfide) groups is 1. The van der Waals surface area contributed by atoms with E-state index < -0.39 is 0 Å². The van der Waals surface area contributed by atoms with Crippen molar-refractivity contribution in [3.63, 3.8) is 0 Å². The van der Waals surface area contributed by atoms with E-state index in [9.17, 15) is 0 Å². The predicted molar refractivity (Wildman–Crippen MR) is 105 cm³/mol. The van der Waals surface area contributed by atoms with Crippen LogP contribution in [0.2, 0.25) is 0 Å². The van der Waals surface area contributed by atoms with Gasteiger partial charge in [0.05, 0.1) is 0 Å². The summed E-state index contributed by atoms with van der Waals surface area (Å²) in [6.45, 7) is 6.97. The summed E-state index contributed by atoms with van der Waals surface area (Å²) in [6, 6.07) is 0.606. The van der Waals surface area contributed by atoms with Gasteiger partial charge in [-0.15, -0.1) is 24.0 Å². The maximum Gasteiger partial charge on any atom is 0.191 e. The zero-order chi connectivity index (χ0) is 14.4. The minimum absolute atomic E-state index is 0. The van der Waals surface area contributed by atoms with E-state index in [0.717, 1.165) is 23.7 Å². The Morgan fingerprint density at radius 2 is 2.14 bits per heavy atom. The summed E-state index contributed by atoms with van der Waals surface area (Å²) >= 11 is 2.00. The maximum absolute atomic E-state index is 4.38. The summed E-state index contributed by atoms with van der Waals surface area (Å²) in [5.41, 5.74) is 0. The van der Waals surface area contributed by atoms with Crippen LogP contribution in [-0.2, 0) is 0 Å². The van der Waals surface area contributed by atoms with Gasteiger partial charge >= 0.3 is 0 Å². The molecule has 0 bridgehead atoms. The molecule has 0 aromatic rings. The zero-order valence-electron chi connectivity index (χ0n) is 13.6. The Hall–Kier alpha value is 0.310. The fourth-order valence-electron chi connectivity index (χ4n) is 3.28. The number of hydrogen-bond acceptors (Lipinski definition) is 3. The molecule has 21 heavy (non-hydrogen) atoms. The number of halogens is 1. The molecule has 2 aliphatic rings. The van der Waals surface area contributed by atoms with Crippen molar-refractivity contribution in [2.75, 3.05) is 39.5 Å². The molecule has 0 spiro atoms. The molecule has 2 fully saturated rings. The lowest BCUT2D eigenvalue weighted by Gasteiger charge is -2.19. The van der Waals surface area contributed by atoms with Gasteiger partial charge in [-0.25, -0.2) is 0 Å². The van der Waals surface area contributed by atoms with Crippen molar-refractivity contribution in [1.82, 2.24) is 15.5 Å². The van der Waals surface area contributed by atoms with Crippen LogP contribution in [0.3, 0.4) is 0 Å². The van der Waals surface area contributed by atoms with Gasteiger partial charge in [0.15, 0.2) is 5.96 Å². The highest BCUT2D eigenvalue weighted by Gasteiger charge is 2.25. The first-order valence-electron chi connectivity index (χ1n) is 7.97. The van der Waals surface area contributed by atoms with E-state index >= 15 is 0 Å². The average molecular weight is 426 g/mol. The van der Waals surface area contributed by atoms with E-state index in [2.05, 4.69) is 33.7 Å². The molecule has 2 rings (SSSR count). The number of aliphatic imine (C=N–C) groups is 1. The molecule has 1 aliphatic carbocycles. The van der Waals surface area contributed by atoms with E-state index in [0.29, 0.717) is 6.04 Å². The first kappa shape index (κ1) is 19.4. The van der Waals surface area contributed by atoms with Crippen LogP contribution in [0.25, 0.3) is 0 Å². The molecule has 124 valence electrons. The highest BCUT2D eigenvalue weighted by Crippen LogP contribution is 2.28. The second kappa shape index (κ2) is 10.2.